The Hall–Kier alpha value is -5.01. The number of nitrogen functional groups attached to an aromatic ring is 1. The van der Waals surface area contributed by atoms with Gasteiger partial charge in [0.15, 0.2) is 23.7 Å². The van der Waals surface area contributed by atoms with E-state index in [4.69, 9.17) is 19.9 Å². The molecule has 3 aromatic rings. The molecule has 13 heteroatoms. The zero-order chi connectivity index (χ0) is 27.2. The number of anilines is 2. The number of hydrogen-bond donors (Lipinski definition) is 5. The van der Waals surface area contributed by atoms with Gasteiger partial charge in [-0.05, 0) is 24.3 Å². The van der Waals surface area contributed by atoms with Crippen LogP contribution in [-0.2, 0) is 27.5 Å². The van der Waals surface area contributed by atoms with Gasteiger partial charge in [0.25, 0.3) is 5.91 Å². The van der Waals surface area contributed by atoms with Crippen molar-refractivity contribution in [2.24, 2.45) is 0 Å². The highest BCUT2D eigenvalue weighted by Gasteiger charge is 2.39. The van der Waals surface area contributed by atoms with Crippen molar-refractivity contribution >= 4 is 35.3 Å². The number of para-hydroxylation sites is 2. The van der Waals surface area contributed by atoms with Crippen LogP contribution in [0.15, 0.2) is 60.9 Å². The van der Waals surface area contributed by atoms with Gasteiger partial charge >= 0.3 is 18.0 Å². The Kier molecular flexibility index (Phi) is 7.80. The fraction of sp³-hybridized carbons (Fsp3) is 0.160. The molecule has 2 unspecified atom stereocenters. The first-order chi connectivity index (χ1) is 18.2. The van der Waals surface area contributed by atoms with Gasteiger partial charge in [-0.25, -0.2) is 14.4 Å². The van der Waals surface area contributed by atoms with E-state index in [-0.39, 0.29) is 35.7 Å². The zero-order valence-electron chi connectivity index (χ0n) is 19.6. The first kappa shape index (κ1) is 26.1. The molecular formula is C25H22N4O9. The number of amides is 2. The van der Waals surface area contributed by atoms with Crippen molar-refractivity contribution < 1.29 is 43.6 Å². The lowest BCUT2D eigenvalue weighted by atomic mass is 10.1. The molecule has 0 saturated heterocycles. The molecular weight excluding hydrogens is 500 g/mol. The monoisotopic (exact) mass is 522 g/mol. The number of ether oxygens (including phenoxy) is 3. The lowest BCUT2D eigenvalue weighted by molar-refractivity contribution is -0.164. The third kappa shape index (κ3) is 5.86. The van der Waals surface area contributed by atoms with Gasteiger partial charge in [0.2, 0.25) is 0 Å². The molecule has 2 aromatic carbocycles. The van der Waals surface area contributed by atoms with Crippen LogP contribution in [0.4, 0.5) is 16.2 Å². The van der Waals surface area contributed by atoms with Gasteiger partial charge in [-0.1, -0.05) is 24.3 Å². The fourth-order valence-corrected chi connectivity index (χ4v) is 3.37. The molecule has 1 aliphatic rings. The van der Waals surface area contributed by atoms with E-state index in [0.717, 1.165) is 0 Å². The number of fused-ring (bicyclic) bond motifs is 1. The molecule has 13 nitrogen and oxygen atoms in total. The van der Waals surface area contributed by atoms with Crippen LogP contribution in [0.3, 0.4) is 0 Å². The van der Waals surface area contributed by atoms with Gasteiger partial charge in [0.05, 0.1) is 16.9 Å². The van der Waals surface area contributed by atoms with Crippen LogP contribution < -0.4 is 25.8 Å². The maximum absolute atomic E-state index is 13.1. The van der Waals surface area contributed by atoms with E-state index < -0.39 is 47.6 Å². The summed E-state index contributed by atoms with van der Waals surface area (Å²) in [4.78, 5) is 53.9. The summed E-state index contributed by atoms with van der Waals surface area (Å²) in [6.07, 6.45) is -2.24. The Balaban J connectivity index is 1.61. The van der Waals surface area contributed by atoms with Gasteiger partial charge in [-0.15, -0.1) is 0 Å². The predicted octanol–water partition coefficient (Wildman–Crippen LogP) is 0.889. The number of hydrogen-bond acceptors (Lipinski definition) is 11. The molecule has 6 N–H and O–H groups in total. The van der Waals surface area contributed by atoms with E-state index in [9.17, 15) is 29.4 Å². The summed E-state index contributed by atoms with van der Waals surface area (Å²) in [5.41, 5.74) is 6.89. The number of aliphatic hydroxyl groups excluding tert-OH is 2. The number of nitrogens with one attached hydrogen (secondary N) is 2. The van der Waals surface area contributed by atoms with Crippen LogP contribution in [-0.4, -0.2) is 51.3 Å². The summed E-state index contributed by atoms with van der Waals surface area (Å²) >= 11 is 0. The first-order valence-electron chi connectivity index (χ1n) is 11.2. The highest BCUT2D eigenvalue weighted by molar-refractivity contribution is 6.09. The van der Waals surface area contributed by atoms with Gasteiger partial charge in [0.1, 0.15) is 6.61 Å². The van der Waals surface area contributed by atoms with Gasteiger partial charge in [-0.3, -0.25) is 9.78 Å². The van der Waals surface area contributed by atoms with Crippen LogP contribution in [0, 0.1) is 0 Å². The molecule has 0 radical (unpaired) electrons. The number of nitrogens with two attached hydrogens (primary N) is 1. The maximum Gasteiger partial charge on any atom is 0.407 e. The number of carbonyl (C=O) groups is 4. The molecule has 38 heavy (non-hydrogen) atoms. The summed E-state index contributed by atoms with van der Waals surface area (Å²) in [5.74, 6) is -4.49. The van der Waals surface area contributed by atoms with Gasteiger partial charge in [0, 0.05) is 30.1 Å². The number of rotatable bonds is 6. The van der Waals surface area contributed by atoms with Crippen molar-refractivity contribution in [3.05, 3.63) is 77.6 Å². The summed E-state index contributed by atoms with van der Waals surface area (Å²) in [5, 5.41) is 24.9. The normalized spacial score (nSPS) is 16.7. The average molecular weight is 522 g/mol. The van der Waals surface area contributed by atoms with E-state index in [1.165, 1.54) is 18.3 Å². The maximum atomic E-state index is 13.1. The molecule has 0 saturated carbocycles. The number of alkyl carbamates (subject to hydrolysis) is 1. The second-order valence-corrected chi connectivity index (χ2v) is 7.99. The third-order valence-electron chi connectivity index (χ3n) is 5.35. The molecule has 2 amide bonds. The highest BCUT2D eigenvalue weighted by atomic mass is 16.6. The first-order valence-corrected chi connectivity index (χ1v) is 11.2. The Morgan fingerprint density at radius 1 is 0.974 bits per heavy atom. The standard InChI is InChI=1S/C25H22N4O9/c26-16-5-1-2-6-17(16)29-22(32)15-8-7-14(11-28-25(35)36-12-13-4-3-9-27-10-13)20-21(15)38-24(34)19(31)18(30)23(33)37-20/h1-10,18-19,30-31H,11-12,26H2,(H,28,35)(H,29,32). The number of esters is 2. The van der Waals surface area contributed by atoms with E-state index in [0.29, 0.717) is 5.56 Å². The minimum absolute atomic E-state index is 0.0593. The SMILES string of the molecule is Nc1ccccc1NC(=O)c1ccc(CNC(=O)OCc2cccnc2)c2c1OC(=O)C(O)C(O)C(=O)O2. The lowest BCUT2D eigenvalue weighted by Gasteiger charge is -2.24. The van der Waals surface area contributed by atoms with Crippen LogP contribution >= 0.6 is 0 Å². The lowest BCUT2D eigenvalue weighted by Crippen LogP contribution is -2.45. The summed E-state index contributed by atoms with van der Waals surface area (Å²) < 4.78 is 15.5. The number of carbonyl (C=O) groups excluding carboxylic acids is 4. The molecule has 1 aliphatic heterocycles. The minimum Gasteiger partial charge on any atom is -0.445 e. The van der Waals surface area contributed by atoms with Crippen molar-refractivity contribution in [3.8, 4) is 11.5 Å². The Morgan fingerprint density at radius 3 is 2.37 bits per heavy atom. The largest absolute Gasteiger partial charge is 0.445 e. The Labute approximate surface area is 215 Å². The fourth-order valence-electron chi connectivity index (χ4n) is 3.37. The zero-order valence-corrected chi connectivity index (χ0v) is 19.6. The second-order valence-electron chi connectivity index (χ2n) is 7.99. The number of aliphatic hydroxyl groups is 2. The van der Waals surface area contributed by atoms with Crippen molar-refractivity contribution in [3.63, 3.8) is 0 Å². The molecule has 0 aliphatic carbocycles. The molecule has 2 atom stereocenters. The molecule has 2 heterocycles. The number of aromatic nitrogens is 1. The number of benzene rings is 2. The summed E-state index contributed by atoms with van der Waals surface area (Å²) in [6, 6.07) is 12.4. The van der Waals surface area contributed by atoms with E-state index in [2.05, 4.69) is 15.6 Å². The van der Waals surface area contributed by atoms with Crippen LogP contribution in [0.5, 0.6) is 11.5 Å². The quantitative estimate of drug-likeness (QED) is 0.175. The Morgan fingerprint density at radius 2 is 1.68 bits per heavy atom. The smallest absolute Gasteiger partial charge is 0.407 e. The molecule has 0 bridgehead atoms. The topological polar surface area (TPSA) is 199 Å². The van der Waals surface area contributed by atoms with E-state index in [1.807, 2.05) is 0 Å². The molecule has 4 rings (SSSR count). The third-order valence-corrected chi connectivity index (χ3v) is 5.35. The molecule has 0 fully saturated rings. The van der Waals surface area contributed by atoms with Crippen LogP contribution in [0.2, 0.25) is 0 Å². The molecule has 0 spiro atoms. The number of pyridine rings is 1. The highest BCUT2D eigenvalue weighted by Crippen LogP contribution is 2.38. The average Bonchev–Trinajstić information content (AvgIpc) is 2.92. The minimum atomic E-state index is -2.26. The van der Waals surface area contributed by atoms with Crippen molar-refractivity contribution in [1.82, 2.24) is 10.3 Å². The van der Waals surface area contributed by atoms with Gasteiger partial charge in [-0.2, -0.15) is 0 Å². The Bertz CT molecular complexity index is 1380. The van der Waals surface area contributed by atoms with Crippen molar-refractivity contribution in [1.29, 1.82) is 0 Å². The van der Waals surface area contributed by atoms with E-state index >= 15 is 0 Å². The summed E-state index contributed by atoms with van der Waals surface area (Å²) in [7, 11) is 0. The van der Waals surface area contributed by atoms with E-state index in [1.54, 1.807) is 42.6 Å². The summed E-state index contributed by atoms with van der Waals surface area (Å²) in [6.45, 7) is -0.346. The van der Waals surface area contributed by atoms with Crippen LogP contribution in [0.25, 0.3) is 0 Å². The number of nitrogens with zero attached hydrogens (tertiary/aromatic N) is 1. The molecule has 196 valence electrons. The molecule has 1 aromatic heterocycles. The van der Waals surface area contributed by atoms with Crippen LogP contribution in [0.1, 0.15) is 21.5 Å². The second kappa shape index (κ2) is 11.4. The van der Waals surface area contributed by atoms with Crippen molar-refractivity contribution in [2.75, 3.05) is 11.1 Å². The van der Waals surface area contributed by atoms with Gasteiger partial charge < -0.3 is 40.8 Å². The predicted molar refractivity (Wildman–Crippen MR) is 130 cm³/mol. The van der Waals surface area contributed by atoms with Crippen molar-refractivity contribution in [2.45, 2.75) is 25.4 Å².